The molecule has 0 spiro atoms. The molecule has 38 nitrogen and oxygen atoms in total. The van der Waals surface area contributed by atoms with Crippen LogP contribution in [0.15, 0.2) is 0 Å². The molecule has 0 amide bonds. The van der Waals surface area contributed by atoms with Crippen molar-refractivity contribution in [2.45, 2.75) is 0 Å². The smallest absolute Gasteiger partial charge is 0.164 e. The summed E-state index contributed by atoms with van der Waals surface area (Å²) in [4.78, 5) is 0. The van der Waals surface area contributed by atoms with Crippen molar-refractivity contribution in [3.8, 4) is 0 Å². The van der Waals surface area contributed by atoms with E-state index in [0.29, 0.717) is 0 Å². The van der Waals surface area contributed by atoms with Crippen LogP contribution in [0, 0.1) is 0 Å². The third-order valence-corrected chi connectivity index (χ3v) is 2.21. The van der Waals surface area contributed by atoms with Gasteiger partial charge in [0, 0.05) is 0 Å². The highest BCUT2D eigenvalue weighted by atomic mass is 16.0. The van der Waals surface area contributed by atoms with E-state index in [1.165, 1.54) is 0 Å². The van der Waals surface area contributed by atoms with Gasteiger partial charge in [-0.2, -0.15) is 199 Å². The molecule has 0 fully saturated rings. The molecule has 0 atom stereocenters. The van der Waals surface area contributed by atoms with Gasteiger partial charge in [0.15, 0.2) is 0 Å². The Morgan fingerprint density at radius 1 is 0.132 bits per heavy atom. The van der Waals surface area contributed by atoms with Crippen LogP contribution in [0.3, 0.4) is 0 Å². The lowest BCUT2D eigenvalue weighted by Gasteiger charge is -2.16. The zero-order chi connectivity index (χ0) is 27.5. The largest absolute Gasteiger partial charge is 0.257 e. The van der Waals surface area contributed by atoms with E-state index in [-0.39, 0.29) is 0 Å². The molecule has 0 aromatic heterocycles. The van der Waals surface area contributed by atoms with E-state index in [2.05, 4.69) is 199 Å². The molecule has 0 aliphatic carbocycles. The van der Waals surface area contributed by atoms with Crippen LogP contribution in [-0.2, 0) is 0 Å². The summed E-state index contributed by atoms with van der Waals surface area (Å²) in [6.07, 6.45) is 0. The Morgan fingerprint density at radius 2 is 0.211 bits per heavy atom. The van der Waals surface area contributed by atoms with Crippen LogP contribution in [0.2, 0.25) is 0 Å². The topological polar surface area (TPSA) is 485 Å². The number of hydrogen-bond acceptors (Lipinski definition) is 38. The molecule has 0 rings (SSSR count). The summed E-state index contributed by atoms with van der Waals surface area (Å²) in [5.41, 5.74) is 88.1. The molecule has 0 aromatic rings. The van der Waals surface area contributed by atoms with Crippen molar-refractivity contribution >= 4 is 0 Å². The molecule has 38 heteroatoms. The number of nitrogens with two attached hydrogens (primary N) is 2. The van der Waals surface area contributed by atoms with Crippen LogP contribution in [0.25, 0.3) is 0 Å². The van der Waals surface area contributed by atoms with Gasteiger partial charge < -0.3 is 0 Å². The average molecular weight is 573 g/mol. The van der Waals surface area contributed by atoms with E-state index in [4.69, 9.17) is 11.7 Å². The van der Waals surface area contributed by atoms with Crippen molar-refractivity contribution in [1.82, 2.24) is 199 Å². The highest BCUT2D eigenvalue weighted by Gasteiger charge is 1.86. The van der Waals surface area contributed by atoms with E-state index in [1.807, 2.05) is 0 Å². The summed E-state index contributed by atoms with van der Waals surface area (Å²) >= 11 is 0. The van der Waals surface area contributed by atoms with E-state index in [9.17, 15) is 0 Å². The van der Waals surface area contributed by atoms with Crippen molar-refractivity contribution in [1.29, 1.82) is 0 Å². The fourth-order valence-corrected chi connectivity index (χ4v) is 1.07. The SMILES string of the molecule is NNNNNNNNNNNNNNNNNNNNNNNNNNNNNNNNNNNNNN. The molecule has 0 saturated heterocycles. The molecule has 38 heavy (non-hydrogen) atoms. The van der Waals surface area contributed by atoms with Gasteiger partial charge in [0.1, 0.15) is 0 Å². The van der Waals surface area contributed by atoms with Gasteiger partial charge in [-0.3, -0.25) is 11.7 Å². The summed E-state index contributed by atoms with van der Waals surface area (Å²) in [6, 6.07) is 0. The molecule has 0 heterocycles. The van der Waals surface area contributed by atoms with Crippen molar-refractivity contribution in [3.05, 3.63) is 0 Å². The summed E-state index contributed by atoms with van der Waals surface area (Å²) in [6.45, 7) is 0. The second-order valence-electron chi connectivity index (χ2n) is 4.54. The van der Waals surface area contributed by atoms with Crippen LogP contribution in [0.4, 0.5) is 0 Å². The average Bonchev–Trinajstić information content (AvgIpc) is 2.93. The van der Waals surface area contributed by atoms with Gasteiger partial charge in [-0.05, 0) is 0 Å². The van der Waals surface area contributed by atoms with E-state index in [1.54, 1.807) is 0 Å². The van der Waals surface area contributed by atoms with Gasteiger partial charge in [-0.25, -0.2) is 0 Å². The van der Waals surface area contributed by atoms with Gasteiger partial charge >= 0.3 is 0 Å². The first kappa shape index (κ1) is 36.5. The summed E-state index contributed by atoms with van der Waals surface area (Å²) in [5.74, 6) is 9.85. The minimum atomic E-state index is 2.12. The Labute approximate surface area is 212 Å². The Morgan fingerprint density at radius 3 is 0.289 bits per heavy atom. The maximum Gasteiger partial charge on any atom is -0.164 e. The molecule has 0 aromatic carbocycles. The van der Waals surface area contributed by atoms with Crippen LogP contribution in [0.5, 0.6) is 0 Å². The van der Waals surface area contributed by atoms with Crippen LogP contribution < -0.4 is 211 Å². The number of hydrazine groups is 37. The van der Waals surface area contributed by atoms with Crippen molar-refractivity contribution in [3.63, 3.8) is 0 Å². The first-order valence-electron chi connectivity index (χ1n) is 9.33. The molecule has 0 saturated carbocycles. The lowest BCUT2D eigenvalue weighted by atomic mass is 12.0. The van der Waals surface area contributed by atoms with Crippen molar-refractivity contribution in [2.24, 2.45) is 11.7 Å². The standard InChI is InChI=1S/H40N38/c1-3-5-7-9-11-13-15-17-19-21-23-25-27-29-31-33-35-37-38-36-34-32-30-28-26-24-22-20-18-16-14-12-10-8-6-4-2/h3-38H,1-2H2. The monoisotopic (exact) mass is 572 g/mol. The van der Waals surface area contributed by atoms with Gasteiger partial charge in [-0.15, -0.1) is 0 Å². The predicted octanol–water partition coefficient (Wildman–Crippen LogP) is -19.0. The molecule has 0 aliphatic rings. The maximum absolute atomic E-state index is 4.93. The minimum Gasteiger partial charge on any atom is -0.257 e. The lowest BCUT2D eigenvalue weighted by molar-refractivity contribution is 0.181. The Kier molecular flexibility index (Phi) is 34.1. The van der Waals surface area contributed by atoms with Gasteiger partial charge in [-0.1, -0.05) is 0 Å². The van der Waals surface area contributed by atoms with E-state index >= 15 is 0 Å². The zero-order valence-electron chi connectivity index (χ0n) is 19.2. The first-order chi connectivity index (χ1) is 18.9. The maximum atomic E-state index is 4.93. The van der Waals surface area contributed by atoms with Gasteiger partial charge in [0.25, 0.3) is 0 Å². The Hall–Kier alpha value is -1.52. The molecule has 0 radical (unpaired) electrons. The summed E-state index contributed by atoms with van der Waals surface area (Å²) in [5, 5.41) is 0. The highest BCUT2D eigenvalue weighted by molar-refractivity contribution is 4.20. The van der Waals surface area contributed by atoms with Crippen LogP contribution in [0.1, 0.15) is 0 Å². The second kappa shape index (κ2) is 35.5. The zero-order valence-corrected chi connectivity index (χ0v) is 19.2. The van der Waals surface area contributed by atoms with Crippen LogP contribution in [-0.4, -0.2) is 0 Å². The quantitative estimate of drug-likeness (QED) is 0.0190. The highest BCUT2D eigenvalue weighted by Crippen LogP contribution is 1.31. The normalized spacial score (nSPS) is 11.5. The minimum absolute atomic E-state index is 2.12. The molecular formula is H40N38. The fourth-order valence-electron chi connectivity index (χ4n) is 1.07. The molecule has 40 N–H and O–H groups in total. The Bertz CT molecular complexity index is 336. The van der Waals surface area contributed by atoms with E-state index in [0.717, 1.165) is 0 Å². The van der Waals surface area contributed by atoms with E-state index < -0.39 is 0 Å². The number of hydrogen-bond donors (Lipinski definition) is 38. The van der Waals surface area contributed by atoms with Crippen molar-refractivity contribution < 1.29 is 0 Å². The summed E-state index contributed by atoms with van der Waals surface area (Å²) < 4.78 is 0. The Balaban J connectivity index is 3.01. The molecule has 0 bridgehead atoms. The summed E-state index contributed by atoms with van der Waals surface area (Å²) in [7, 11) is 0. The number of rotatable bonds is 35. The van der Waals surface area contributed by atoms with Gasteiger partial charge in [0.2, 0.25) is 0 Å². The third kappa shape index (κ3) is 34.5. The molecule has 0 aliphatic heterocycles. The predicted molar refractivity (Wildman–Crippen MR) is 121 cm³/mol. The fraction of sp³-hybridized carbons (Fsp3) is 0. The van der Waals surface area contributed by atoms with Gasteiger partial charge in [0.05, 0.1) is 0 Å². The van der Waals surface area contributed by atoms with Crippen LogP contribution >= 0.6 is 0 Å². The third-order valence-electron chi connectivity index (χ3n) is 2.21. The van der Waals surface area contributed by atoms with Crippen molar-refractivity contribution in [2.75, 3.05) is 0 Å². The molecular weight excluding hydrogens is 532 g/mol. The first-order valence-corrected chi connectivity index (χ1v) is 9.33. The second-order valence-corrected chi connectivity index (χ2v) is 4.54. The molecule has 0 unspecified atom stereocenters. The lowest BCUT2D eigenvalue weighted by Crippen LogP contribution is -2.70. The number of nitrogens with one attached hydrogen (secondary N) is 36. The molecule has 230 valence electrons.